The molecular weight excluding hydrogens is 320 g/mol. The largest absolute Gasteiger partial charge is 0.384 e. The van der Waals surface area contributed by atoms with Crippen LogP contribution in [0.4, 0.5) is 0 Å². The summed E-state index contributed by atoms with van der Waals surface area (Å²) < 4.78 is 11.2. The minimum atomic E-state index is -0.609. The molecule has 3 unspecified atom stereocenters. The van der Waals surface area contributed by atoms with E-state index in [0.717, 1.165) is 19.4 Å². The Morgan fingerprint density at radius 2 is 1.88 bits per heavy atom. The molecule has 2 fully saturated rings. The van der Waals surface area contributed by atoms with Crippen LogP contribution in [0.5, 0.6) is 0 Å². The Kier molecular flexibility index (Phi) is 8.68. The van der Waals surface area contributed by atoms with Crippen LogP contribution < -0.4 is 5.32 Å². The van der Waals surface area contributed by atoms with Gasteiger partial charge in [0.05, 0.1) is 12.7 Å². The summed E-state index contributed by atoms with van der Waals surface area (Å²) in [7, 11) is 1.69. The van der Waals surface area contributed by atoms with Crippen molar-refractivity contribution in [3.05, 3.63) is 0 Å². The third-order valence-electron chi connectivity index (χ3n) is 5.54. The summed E-state index contributed by atoms with van der Waals surface area (Å²) in [4.78, 5) is 25.8. The lowest BCUT2D eigenvalue weighted by atomic mass is 9.90. The smallest absolute Gasteiger partial charge is 0.247 e. The number of carbonyl (C=O) groups is 2. The Hall–Kier alpha value is -1.14. The van der Waals surface area contributed by atoms with Crippen molar-refractivity contribution < 1.29 is 19.1 Å². The number of likely N-dealkylation sites (tertiary alicyclic amines) is 1. The van der Waals surface area contributed by atoms with Gasteiger partial charge in [-0.15, -0.1) is 0 Å². The number of hydrogen-bond acceptors (Lipinski definition) is 4. The van der Waals surface area contributed by atoms with Crippen LogP contribution in [0.1, 0.15) is 51.9 Å². The molecule has 144 valence electrons. The van der Waals surface area contributed by atoms with Crippen LogP contribution >= 0.6 is 0 Å². The first kappa shape index (κ1) is 20.2. The molecule has 0 radical (unpaired) electrons. The first-order valence-corrected chi connectivity index (χ1v) is 9.74. The summed E-state index contributed by atoms with van der Waals surface area (Å²) in [6, 6.07) is -0.609. The standard InChI is InChI=1S/C19H34N2O4/c1-15(25-13-16-7-4-3-5-8-16)18(20-14-22)19(23)21-10-6-9-17(11-21)12-24-2/h14-18H,3-13H2,1-2H3,(H,20,22). The fourth-order valence-electron chi connectivity index (χ4n) is 4.05. The average molecular weight is 354 g/mol. The Bertz CT molecular complexity index is 410. The van der Waals surface area contributed by atoms with E-state index < -0.39 is 6.04 Å². The highest BCUT2D eigenvalue weighted by molar-refractivity contribution is 5.84. The van der Waals surface area contributed by atoms with Gasteiger partial charge in [0.1, 0.15) is 6.04 Å². The molecule has 2 rings (SSSR count). The Morgan fingerprint density at radius 3 is 2.56 bits per heavy atom. The second-order valence-corrected chi connectivity index (χ2v) is 7.55. The summed E-state index contributed by atoms with van der Waals surface area (Å²) in [6.07, 6.45) is 8.62. The molecule has 1 N–H and O–H groups in total. The predicted octanol–water partition coefficient (Wildman–Crippen LogP) is 1.97. The molecule has 0 aromatic rings. The van der Waals surface area contributed by atoms with Crippen LogP contribution in [0.2, 0.25) is 0 Å². The van der Waals surface area contributed by atoms with Crippen molar-refractivity contribution in [1.82, 2.24) is 10.2 Å². The number of nitrogens with zero attached hydrogens (tertiary/aromatic N) is 1. The van der Waals surface area contributed by atoms with Crippen molar-refractivity contribution in [1.29, 1.82) is 0 Å². The summed E-state index contributed by atoms with van der Waals surface area (Å²) in [5.41, 5.74) is 0. The Morgan fingerprint density at radius 1 is 1.16 bits per heavy atom. The highest BCUT2D eigenvalue weighted by atomic mass is 16.5. The second-order valence-electron chi connectivity index (χ2n) is 7.55. The molecule has 0 spiro atoms. The van der Waals surface area contributed by atoms with Crippen LogP contribution in [-0.4, -0.2) is 62.8 Å². The van der Waals surface area contributed by atoms with E-state index in [-0.39, 0.29) is 12.0 Å². The summed E-state index contributed by atoms with van der Waals surface area (Å²) in [6.45, 7) is 4.67. The SMILES string of the molecule is COCC1CCCN(C(=O)C(NC=O)C(C)OCC2CCCCC2)C1. The molecule has 25 heavy (non-hydrogen) atoms. The third-order valence-corrected chi connectivity index (χ3v) is 5.54. The monoisotopic (exact) mass is 354 g/mol. The Labute approximate surface area is 151 Å². The van der Waals surface area contributed by atoms with Gasteiger partial charge in [-0.3, -0.25) is 9.59 Å². The van der Waals surface area contributed by atoms with Gasteiger partial charge in [-0.25, -0.2) is 0 Å². The molecule has 2 aliphatic rings. The van der Waals surface area contributed by atoms with E-state index in [1.54, 1.807) is 7.11 Å². The number of rotatable bonds is 9. The number of nitrogens with one attached hydrogen (secondary N) is 1. The molecule has 3 atom stereocenters. The molecule has 0 bridgehead atoms. The fourth-order valence-corrected chi connectivity index (χ4v) is 4.05. The van der Waals surface area contributed by atoms with E-state index in [1.807, 2.05) is 11.8 Å². The predicted molar refractivity (Wildman–Crippen MR) is 96.2 cm³/mol. The summed E-state index contributed by atoms with van der Waals surface area (Å²) in [5, 5.41) is 2.69. The summed E-state index contributed by atoms with van der Waals surface area (Å²) >= 11 is 0. The van der Waals surface area contributed by atoms with Crippen LogP contribution in [0.15, 0.2) is 0 Å². The van der Waals surface area contributed by atoms with Crippen molar-refractivity contribution in [2.75, 3.05) is 33.4 Å². The van der Waals surface area contributed by atoms with Crippen LogP contribution in [0, 0.1) is 11.8 Å². The second kappa shape index (κ2) is 10.8. The van der Waals surface area contributed by atoms with E-state index in [2.05, 4.69) is 5.32 Å². The van der Waals surface area contributed by atoms with Gasteiger partial charge in [-0.2, -0.15) is 0 Å². The van der Waals surface area contributed by atoms with Gasteiger partial charge in [0.15, 0.2) is 0 Å². The molecule has 6 nitrogen and oxygen atoms in total. The zero-order chi connectivity index (χ0) is 18.1. The van der Waals surface area contributed by atoms with Gasteiger partial charge in [-0.1, -0.05) is 19.3 Å². The lowest BCUT2D eigenvalue weighted by molar-refractivity contribution is -0.141. The normalized spacial score (nSPS) is 24.6. The fraction of sp³-hybridized carbons (Fsp3) is 0.895. The summed E-state index contributed by atoms with van der Waals surface area (Å²) in [5.74, 6) is 0.923. The molecule has 1 heterocycles. The minimum absolute atomic E-state index is 0.0379. The number of piperidine rings is 1. The van der Waals surface area contributed by atoms with Crippen LogP contribution in [0.3, 0.4) is 0 Å². The first-order chi connectivity index (χ1) is 12.2. The number of hydrogen-bond donors (Lipinski definition) is 1. The topological polar surface area (TPSA) is 67.9 Å². The van der Waals surface area contributed by atoms with Gasteiger partial charge >= 0.3 is 0 Å². The maximum Gasteiger partial charge on any atom is 0.247 e. The molecule has 0 aromatic carbocycles. The quantitative estimate of drug-likeness (QED) is 0.643. The molecule has 1 aliphatic carbocycles. The number of methoxy groups -OCH3 is 1. The highest BCUT2D eigenvalue weighted by Crippen LogP contribution is 2.24. The van der Waals surface area contributed by atoms with Gasteiger partial charge in [-0.05, 0) is 44.4 Å². The maximum atomic E-state index is 12.9. The van der Waals surface area contributed by atoms with Gasteiger partial charge in [0.2, 0.25) is 12.3 Å². The molecule has 2 amide bonds. The van der Waals surface area contributed by atoms with Crippen molar-refractivity contribution in [3.63, 3.8) is 0 Å². The lowest BCUT2D eigenvalue weighted by Crippen LogP contribution is -2.54. The Balaban J connectivity index is 1.88. The molecular formula is C19H34N2O4. The highest BCUT2D eigenvalue weighted by Gasteiger charge is 2.33. The molecule has 0 aromatic heterocycles. The maximum absolute atomic E-state index is 12.9. The number of ether oxygens (including phenoxy) is 2. The zero-order valence-corrected chi connectivity index (χ0v) is 15.7. The van der Waals surface area contributed by atoms with E-state index in [0.29, 0.717) is 38.0 Å². The van der Waals surface area contributed by atoms with Crippen LogP contribution in [0.25, 0.3) is 0 Å². The van der Waals surface area contributed by atoms with E-state index >= 15 is 0 Å². The lowest BCUT2D eigenvalue weighted by Gasteiger charge is -2.36. The average Bonchev–Trinajstić information content (AvgIpc) is 2.65. The van der Waals surface area contributed by atoms with E-state index in [4.69, 9.17) is 9.47 Å². The van der Waals surface area contributed by atoms with Crippen LogP contribution in [-0.2, 0) is 19.1 Å². The molecule has 1 aliphatic heterocycles. The van der Waals surface area contributed by atoms with E-state index in [1.165, 1.54) is 32.1 Å². The van der Waals surface area contributed by atoms with Crippen molar-refractivity contribution >= 4 is 12.3 Å². The van der Waals surface area contributed by atoms with Gasteiger partial charge < -0.3 is 19.7 Å². The van der Waals surface area contributed by atoms with Crippen molar-refractivity contribution in [2.45, 2.75) is 64.0 Å². The molecule has 1 saturated carbocycles. The van der Waals surface area contributed by atoms with Gasteiger partial charge in [0, 0.05) is 26.8 Å². The molecule has 1 saturated heterocycles. The minimum Gasteiger partial charge on any atom is -0.384 e. The third kappa shape index (κ3) is 6.26. The zero-order valence-electron chi connectivity index (χ0n) is 15.7. The number of amides is 2. The van der Waals surface area contributed by atoms with Crippen molar-refractivity contribution in [2.24, 2.45) is 11.8 Å². The first-order valence-electron chi connectivity index (χ1n) is 9.74. The van der Waals surface area contributed by atoms with E-state index in [9.17, 15) is 9.59 Å². The van der Waals surface area contributed by atoms with Crippen molar-refractivity contribution in [3.8, 4) is 0 Å². The van der Waals surface area contributed by atoms with Gasteiger partial charge in [0.25, 0.3) is 0 Å². The molecule has 6 heteroatoms. The number of carbonyl (C=O) groups excluding carboxylic acids is 2.